The van der Waals surface area contributed by atoms with E-state index >= 15 is 0 Å². The van der Waals surface area contributed by atoms with Gasteiger partial charge in [-0.25, -0.2) is 0 Å². The van der Waals surface area contributed by atoms with E-state index in [4.69, 9.17) is 23.2 Å². The van der Waals surface area contributed by atoms with Crippen molar-refractivity contribution >= 4 is 26.4 Å². The zero-order chi connectivity index (χ0) is 31.6. The van der Waals surface area contributed by atoms with E-state index in [1.165, 1.54) is 58.8 Å². The number of fused-ring (bicyclic) bond motifs is 3. The van der Waals surface area contributed by atoms with Crippen LogP contribution in [0.5, 0.6) is 0 Å². The van der Waals surface area contributed by atoms with Crippen LogP contribution in [0.15, 0.2) is 94.3 Å². The summed E-state index contributed by atoms with van der Waals surface area (Å²) in [7, 11) is 0. The van der Waals surface area contributed by atoms with Gasteiger partial charge in [-0.05, 0) is 0 Å². The van der Waals surface area contributed by atoms with Gasteiger partial charge in [0.15, 0.2) is 0 Å². The smallest absolute Gasteiger partial charge is 1.00 e. The van der Waals surface area contributed by atoms with Crippen molar-refractivity contribution in [3.05, 3.63) is 149 Å². The standard InChI is InChI=1S/C23H29.C13H8Cl2.C5H5.2ClH.Zr/c1-14-9-16-11-17-10-15(2)21(23(6,7)8)13-19(17)18(16)12-20(14)22(3,4)5;14-12-5-1-3-10(8-12)7-11-4-2-6-13(15)9-11;1-2-4-5-3-1;;;/h9-13H,1-8H3;1-6,8-9H;1-3H,4H2;2*1H;/q;;;;;+2/p-2. The molecule has 0 fully saturated rings. The van der Waals surface area contributed by atoms with Crippen molar-refractivity contribution in [3.63, 3.8) is 0 Å². The number of halogens is 4. The molecule has 0 atom stereocenters. The molecule has 5 heteroatoms. The summed E-state index contributed by atoms with van der Waals surface area (Å²) < 4.78 is 3.41. The van der Waals surface area contributed by atoms with E-state index in [1.807, 2.05) is 12.1 Å². The molecule has 0 saturated heterocycles. The molecule has 0 amide bonds. The summed E-state index contributed by atoms with van der Waals surface area (Å²) >= 11 is 10.6. The minimum absolute atomic E-state index is 0. The van der Waals surface area contributed by atoms with Crippen LogP contribution in [-0.2, 0) is 32.1 Å². The van der Waals surface area contributed by atoms with Gasteiger partial charge in [-0.2, -0.15) is 0 Å². The van der Waals surface area contributed by atoms with Gasteiger partial charge in [0, 0.05) is 0 Å². The van der Waals surface area contributed by atoms with E-state index < -0.39 is 21.3 Å². The molecule has 0 spiro atoms. The van der Waals surface area contributed by atoms with Crippen LogP contribution in [0, 0.1) is 13.8 Å². The number of hydrogen-bond donors (Lipinski definition) is 0. The van der Waals surface area contributed by atoms with Crippen molar-refractivity contribution in [3.8, 4) is 11.1 Å². The molecule has 46 heavy (non-hydrogen) atoms. The number of rotatable bonds is 4. The predicted molar refractivity (Wildman–Crippen MR) is 189 cm³/mol. The quantitative estimate of drug-likeness (QED) is 0.239. The van der Waals surface area contributed by atoms with E-state index in [9.17, 15) is 0 Å². The van der Waals surface area contributed by atoms with Gasteiger partial charge in [-0.1, -0.05) is 0 Å². The molecule has 0 aromatic heterocycles. The van der Waals surface area contributed by atoms with Gasteiger partial charge in [-0.15, -0.1) is 0 Å². The molecule has 0 saturated carbocycles. The summed E-state index contributed by atoms with van der Waals surface area (Å²) in [6.45, 7) is 18.7. The van der Waals surface area contributed by atoms with Crippen LogP contribution in [0.3, 0.4) is 0 Å². The zero-order valence-electron chi connectivity index (χ0n) is 28.0. The molecule has 4 aromatic rings. The van der Waals surface area contributed by atoms with Gasteiger partial charge >= 0.3 is 284 Å². The summed E-state index contributed by atoms with van der Waals surface area (Å²) in [6.07, 6.45) is 8.04. The fraction of sp³-hybridized carbons (Fsp3) is 0.293. The summed E-state index contributed by atoms with van der Waals surface area (Å²) in [5.74, 6) is 0. The topological polar surface area (TPSA) is 0 Å². The Labute approximate surface area is 306 Å². The minimum atomic E-state index is -2.84. The third-order valence-corrected chi connectivity index (χ3v) is 18.0. The third-order valence-electron chi connectivity index (χ3n) is 9.22. The van der Waals surface area contributed by atoms with E-state index in [0.717, 1.165) is 16.5 Å². The molecule has 4 aromatic carbocycles. The molecule has 2 aliphatic carbocycles. The summed E-state index contributed by atoms with van der Waals surface area (Å²) in [6, 6.07) is 27.2. The fourth-order valence-corrected chi connectivity index (χ4v) is 16.7. The second-order valence-electron chi connectivity index (χ2n) is 14.6. The molecular formula is C41H42Cl4Zr. The van der Waals surface area contributed by atoms with Crippen LogP contribution in [-0.4, -0.2) is 3.21 Å². The first-order valence-corrected chi connectivity index (χ1v) is 20.3. The van der Waals surface area contributed by atoms with Gasteiger partial charge < -0.3 is 24.8 Å². The van der Waals surface area contributed by atoms with Gasteiger partial charge in [0.1, 0.15) is 0 Å². The SMILES string of the molecule is Cc1cc2c(cc1C(C)(C)C)-c1cc(C(C)(C)C)c(C)cc1[CH]2[Zr+2]([C]1=CC=CC1)=[C](c1cccc(Cl)c1)c1cccc(Cl)c1.[Cl-].[Cl-]. The normalized spacial score (nSPS) is 13.6. The number of benzene rings is 4. The molecule has 238 valence electrons. The molecule has 0 aliphatic heterocycles. The zero-order valence-corrected chi connectivity index (χ0v) is 33.4. The van der Waals surface area contributed by atoms with Crippen LogP contribution in [0.1, 0.15) is 96.1 Å². The number of aryl methyl sites for hydroxylation is 2. The Morgan fingerprint density at radius 3 is 1.50 bits per heavy atom. The second kappa shape index (κ2) is 14.0. The molecule has 0 nitrogen and oxygen atoms in total. The first-order chi connectivity index (χ1) is 20.7. The Morgan fingerprint density at radius 1 is 0.674 bits per heavy atom. The number of allylic oxidation sites excluding steroid dienone is 4. The van der Waals surface area contributed by atoms with Crippen molar-refractivity contribution in [2.45, 2.75) is 76.3 Å². The Bertz CT molecular complexity index is 1780. The Balaban J connectivity index is 0.00000240. The van der Waals surface area contributed by atoms with Crippen molar-refractivity contribution in [1.82, 2.24) is 0 Å². The average Bonchev–Trinajstić information content (AvgIpc) is 3.56. The first-order valence-electron chi connectivity index (χ1n) is 15.7. The van der Waals surface area contributed by atoms with Crippen molar-refractivity contribution in [2.75, 3.05) is 0 Å². The molecule has 0 unspecified atom stereocenters. The monoisotopic (exact) mass is 764 g/mol. The van der Waals surface area contributed by atoms with Gasteiger partial charge in [0.2, 0.25) is 0 Å². The van der Waals surface area contributed by atoms with Crippen LogP contribution in [0.25, 0.3) is 11.1 Å². The third kappa shape index (κ3) is 7.02. The van der Waals surface area contributed by atoms with Crippen molar-refractivity contribution in [1.29, 1.82) is 0 Å². The fourth-order valence-electron chi connectivity index (χ4n) is 7.40. The molecule has 0 heterocycles. The largest absolute Gasteiger partial charge is 1.00 e. The summed E-state index contributed by atoms with van der Waals surface area (Å²) in [4.78, 5) is 0. The second-order valence-corrected chi connectivity index (χ2v) is 21.7. The molecule has 0 radical (unpaired) electrons. The van der Waals surface area contributed by atoms with Gasteiger partial charge in [0.25, 0.3) is 0 Å². The molecular weight excluding hydrogens is 725 g/mol. The van der Waals surface area contributed by atoms with E-state index in [0.29, 0.717) is 3.63 Å². The maximum absolute atomic E-state index is 6.71. The van der Waals surface area contributed by atoms with Crippen LogP contribution in [0.2, 0.25) is 10.0 Å². The summed E-state index contributed by atoms with van der Waals surface area (Å²) in [5, 5.41) is 1.54. The Morgan fingerprint density at radius 2 is 1.13 bits per heavy atom. The molecule has 2 aliphatic rings. The van der Waals surface area contributed by atoms with Crippen LogP contribution < -0.4 is 24.8 Å². The number of hydrogen-bond acceptors (Lipinski definition) is 0. The molecule has 0 bridgehead atoms. The van der Waals surface area contributed by atoms with Gasteiger partial charge in [0.05, 0.1) is 0 Å². The van der Waals surface area contributed by atoms with E-state index in [1.54, 1.807) is 3.28 Å². The van der Waals surface area contributed by atoms with Crippen LogP contribution >= 0.6 is 23.2 Å². The van der Waals surface area contributed by atoms with Gasteiger partial charge in [-0.3, -0.25) is 0 Å². The maximum Gasteiger partial charge on any atom is -1.00 e. The first kappa shape index (κ1) is 37.1. The molecule has 0 N–H and O–H groups in total. The van der Waals surface area contributed by atoms with Crippen molar-refractivity contribution < 1.29 is 46.1 Å². The summed E-state index contributed by atoms with van der Waals surface area (Å²) in [5.41, 5.74) is 14.1. The average molecular weight is 768 g/mol. The minimum Gasteiger partial charge on any atom is -1.00 e. The predicted octanol–water partition coefficient (Wildman–Crippen LogP) is 6.01. The van der Waals surface area contributed by atoms with E-state index in [2.05, 4.69) is 134 Å². The Hall–Kier alpha value is -1.73. The maximum atomic E-state index is 6.71. The van der Waals surface area contributed by atoms with Crippen molar-refractivity contribution in [2.24, 2.45) is 0 Å². The van der Waals surface area contributed by atoms with E-state index in [-0.39, 0.29) is 35.6 Å². The molecule has 6 rings (SSSR count). The Kier molecular flexibility index (Phi) is 11.3. The van der Waals surface area contributed by atoms with Crippen LogP contribution in [0.4, 0.5) is 0 Å².